The molecule has 3 aliphatic heterocycles. The maximum atomic E-state index is 6.01. The number of anilines is 2. The lowest BCUT2D eigenvalue weighted by Crippen LogP contribution is -2.48. The Bertz CT molecular complexity index is 789. The van der Waals surface area contributed by atoms with Gasteiger partial charge in [0.1, 0.15) is 5.82 Å². The normalized spacial score (nSPS) is 25.7. The van der Waals surface area contributed by atoms with Crippen LogP contribution in [0.3, 0.4) is 0 Å². The largest absolute Gasteiger partial charge is 0.378 e. The van der Waals surface area contributed by atoms with Gasteiger partial charge in [-0.3, -0.25) is 0 Å². The SMILES string of the molecule is Cc1cc(N2CC[C@H]3OCc4cnnn4[C@@H]3C2)nc(N2CCOCC2)n1. The quantitative estimate of drug-likeness (QED) is 0.771. The van der Waals surface area contributed by atoms with Crippen LogP contribution in [0.25, 0.3) is 0 Å². The van der Waals surface area contributed by atoms with Crippen molar-refractivity contribution in [2.24, 2.45) is 0 Å². The van der Waals surface area contributed by atoms with Crippen LogP contribution in [0.15, 0.2) is 12.3 Å². The number of piperidine rings is 1. The highest BCUT2D eigenvalue weighted by atomic mass is 16.5. The highest BCUT2D eigenvalue weighted by Crippen LogP contribution is 2.32. The first-order chi connectivity index (χ1) is 12.8. The molecule has 2 atom stereocenters. The molecular formula is C17H23N7O2. The molecule has 2 saturated heterocycles. The number of rotatable bonds is 2. The second-order valence-corrected chi connectivity index (χ2v) is 7.09. The highest BCUT2D eigenvalue weighted by Gasteiger charge is 2.37. The molecule has 0 spiro atoms. The summed E-state index contributed by atoms with van der Waals surface area (Å²) in [6, 6.07) is 2.24. The Balaban J connectivity index is 1.41. The molecule has 26 heavy (non-hydrogen) atoms. The van der Waals surface area contributed by atoms with E-state index in [-0.39, 0.29) is 12.1 Å². The van der Waals surface area contributed by atoms with Crippen LogP contribution in [0.2, 0.25) is 0 Å². The van der Waals surface area contributed by atoms with E-state index in [0.717, 1.165) is 69.0 Å². The van der Waals surface area contributed by atoms with Crippen LogP contribution in [0.5, 0.6) is 0 Å². The summed E-state index contributed by atoms with van der Waals surface area (Å²) in [7, 11) is 0. The number of nitrogens with zero attached hydrogens (tertiary/aromatic N) is 7. The summed E-state index contributed by atoms with van der Waals surface area (Å²) >= 11 is 0. The number of aryl methyl sites for hydroxylation is 1. The predicted octanol–water partition coefficient (Wildman–Crippen LogP) is 0.563. The molecule has 0 aromatic carbocycles. The minimum absolute atomic E-state index is 0.178. The van der Waals surface area contributed by atoms with Crippen molar-refractivity contribution in [1.29, 1.82) is 0 Å². The molecule has 2 fully saturated rings. The summed E-state index contributed by atoms with van der Waals surface area (Å²) in [6.45, 7) is 7.50. The van der Waals surface area contributed by atoms with E-state index in [9.17, 15) is 0 Å². The molecule has 2 aromatic heterocycles. The summed E-state index contributed by atoms with van der Waals surface area (Å²) in [5.41, 5.74) is 2.03. The minimum Gasteiger partial charge on any atom is -0.378 e. The van der Waals surface area contributed by atoms with Gasteiger partial charge in [0.15, 0.2) is 0 Å². The lowest BCUT2D eigenvalue weighted by Gasteiger charge is -2.41. The molecule has 0 bridgehead atoms. The second kappa shape index (κ2) is 6.48. The van der Waals surface area contributed by atoms with E-state index in [1.807, 2.05) is 11.6 Å². The van der Waals surface area contributed by atoms with Crippen LogP contribution >= 0.6 is 0 Å². The Morgan fingerprint density at radius 1 is 1.12 bits per heavy atom. The van der Waals surface area contributed by atoms with E-state index >= 15 is 0 Å². The minimum atomic E-state index is 0.178. The third kappa shape index (κ3) is 2.80. The van der Waals surface area contributed by atoms with Gasteiger partial charge in [0, 0.05) is 37.9 Å². The molecule has 138 valence electrons. The molecule has 0 N–H and O–H groups in total. The summed E-state index contributed by atoms with van der Waals surface area (Å²) in [6.07, 6.45) is 2.95. The van der Waals surface area contributed by atoms with Gasteiger partial charge >= 0.3 is 0 Å². The van der Waals surface area contributed by atoms with E-state index in [1.165, 1.54) is 0 Å². The molecule has 0 radical (unpaired) electrons. The summed E-state index contributed by atoms with van der Waals surface area (Å²) in [4.78, 5) is 14.0. The molecule has 0 amide bonds. The van der Waals surface area contributed by atoms with Crippen molar-refractivity contribution in [1.82, 2.24) is 25.0 Å². The topological polar surface area (TPSA) is 81.4 Å². The third-order valence-electron chi connectivity index (χ3n) is 5.38. The van der Waals surface area contributed by atoms with Crippen molar-refractivity contribution >= 4 is 11.8 Å². The monoisotopic (exact) mass is 357 g/mol. The van der Waals surface area contributed by atoms with Crippen LogP contribution in [0.1, 0.15) is 23.9 Å². The molecule has 0 unspecified atom stereocenters. The number of morpholine rings is 1. The van der Waals surface area contributed by atoms with Gasteiger partial charge in [-0.15, -0.1) is 5.10 Å². The number of fused-ring (bicyclic) bond motifs is 3. The highest BCUT2D eigenvalue weighted by molar-refractivity contribution is 5.46. The standard InChI is InChI=1S/C17H23N7O2/c1-12-8-16(20-17(19-12)22-4-6-25-7-5-22)23-3-2-15-14(10-23)24-13(11-26-15)9-18-21-24/h8-9,14-15H,2-7,10-11H2,1H3/t14-,15-/m1/s1. The van der Waals surface area contributed by atoms with Crippen molar-refractivity contribution < 1.29 is 9.47 Å². The lowest BCUT2D eigenvalue weighted by atomic mass is 10.0. The van der Waals surface area contributed by atoms with Crippen molar-refractivity contribution in [3.8, 4) is 0 Å². The van der Waals surface area contributed by atoms with Crippen LogP contribution in [-0.4, -0.2) is 70.5 Å². The summed E-state index contributed by atoms with van der Waals surface area (Å²) in [5, 5.41) is 8.34. The Morgan fingerprint density at radius 2 is 2.00 bits per heavy atom. The zero-order valence-corrected chi connectivity index (χ0v) is 14.9. The number of ether oxygens (including phenoxy) is 2. The summed E-state index contributed by atoms with van der Waals surface area (Å²) < 4.78 is 13.5. The fraction of sp³-hybridized carbons (Fsp3) is 0.647. The van der Waals surface area contributed by atoms with Crippen LogP contribution in [0.4, 0.5) is 11.8 Å². The van der Waals surface area contributed by atoms with Gasteiger partial charge in [-0.05, 0) is 13.3 Å². The van der Waals surface area contributed by atoms with Crippen LogP contribution in [-0.2, 0) is 16.1 Å². The van der Waals surface area contributed by atoms with Gasteiger partial charge in [0.05, 0.1) is 43.9 Å². The average molecular weight is 357 g/mol. The predicted molar refractivity (Wildman–Crippen MR) is 94.3 cm³/mol. The third-order valence-corrected chi connectivity index (χ3v) is 5.38. The molecule has 0 aliphatic carbocycles. The Hall–Kier alpha value is -2.26. The first-order valence-corrected chi connectivity index (χ1v) is 9.22. The van der Waals surface area contributed by atoms with Crippen molar-refractivity contribution in [2.45, 2.75) is 32.1 Å². The van der Waals surface area contributed by atoms with E-state index in [2.05, 4.69) is 31.2 Å². The molecule has 3 aliphatic rings. The van der Waals surface area contributed by atoms with Crippen molar-refractivity contribution in [3.05, 3.63) is 23.7 Å². The first kappa shape index (κ1) is 16.0. The number of hydrogen-bond acceptors (Lipinski definition) is 8. The van der Waals surface area contributed by atoms with E-state index in [4.69, 9.17) is 14.5 Å². The van der Waals surface area contributed by atoms with Crippen molar-refractivity contribution in [2.75, 3.05) is 49.2 Å². The van der Waals surface area contributed by atoms with Gasteiger partial charge in [0.2, 0.25) is 5.95 Å². The van der Waals surface area contributed by atoms with Crippen LogP contribution in [0, 0.1) is 6.92 Å². The van der Waals surface area contributed by atoms with Gasteiger partial charge < -0.3 is 19.3 Å². The van der Waals surface area contributed by atoms with Gasteiger partial charge in [0.25, 0.3) is 0 Å². The van der Waals surface area contributed by atoms with E-state index in [1.54, 1.807) is 6.20 Å². The fourth-order valence-electron chi connectivity index (χ4n) is 3.99. The zero-order valence-electron chi connectivity index (χ0n) is 14.9. The number of aromatic nitrogens is 5. The maximum absolute atomic E-state index is 6.01. The molecule has 9 nitrogen and oxygen atoms in total. The van der Waals surface area contributed by atoms with Gasteiger partial charge in [-0.2, -0.15) is 4.98 Å². The van der Waals surface area contributed by atoms with E-state index in [0.29, 0.717) is 6.61 Å². The fourth-order valence-corrected chi connectivity index (χ4v) is 3.99. The molecule has 5 heterocycles. The molecular weight excluding hydrogens is 334 g/mol. The Labute approximate surface area is 151 Å². The Morgan fingerprint density at radius 3 is 2.88 bits per heavy atom. The number of hydrogen-bond donors (Lipinski definition) is 0. The molecule has 2 aromatic rings. The van der Waals surface area contributed by atoms with Gasteiger partial charge in [-0.25, -0.2) is 9.67 Å². The van der Waals surface area contributed by atoms with Crippen molar-refractivity contribution in [3.63, 3.8) is 0 Å². The Kier molecular flexibility index (Phi) is 3.97. The average Bonchev–Trinajstić information content (AvgIpc) is 3.17. The summed E-state index contributed by atoms with van der Waals surface area (Å²) in [5.74, 6) is 1.77. The molecule has 0 saturated carbocycles. The van der Waals surface area contributed by atoms with E-state index < -0.39 is 0 Å². The molecule has 5 rings (SSSR count). The zero-order chi connectivity index (χ0) is 17.5. The second-order valence-electron chi connectivity index (χ2n) is 7.09. The molecule has 9 heteroatoms. The van der Waals surface area contributed by atoms with Gasteiger partial charge in [-0.1, -0.05) is 5.21 Å². The lowest BCUT2D eigenvalue weighted by molar-refractivity contribution is -0.0373. The van der Waals surface area contributed by atoms with Crippen LogP contribution < -0.4 is 9.80 Å². The smallest absolute Gasteiger partial charge is 0.227 e. The maximum Gasteiger partial charge on any atom is 0.227 e. The first-order valence-electron chi connectivity index (χ1n) is 9.22.